The summed E-state index contributed by atoms with van der Waals surface area (Å²) in [6, 6.07) is 8.93. The van der Waals surface area contributed by atoms with Gasteiger partial charge in [0.1, 0.15) is 0 Å². The van der Waals surface area contributed by atoms with Crippen molar-refractivity contribution in [1.82, 2.24) is 15.1 Å². The Morgan fingerprint density at radius 3 is 2.92 bits per heavy atom. The molecule has 5 nitrogen and oxygen atoms in total. The molecule has 3 atom stereocenters. The van der Waals surface area contributed by atoms with Crippen LogP contribution in [-0.4, -0.2) is 51.6 Å². The topological polar surface area (TPSA) is 61.4 Å². The third-order valence-electron chi connectivity index (χ3n) is 6.16. The number of nitrogens with zero attached hydrogens (tertiary/aromatic N) is 2. The largest absolute Gasteiger partial charge is 0.390 e. The van der Waals surface area contributed by atoms with E-state index in [9.17, 15) is 5.11 Å². The molecule has 2 saturated heterocycles. The smallest absolute Gasteiger partial charge is 0.0706 e. The van der Waals surface area contributed by atoms with Gasteiger partial charge in [-0.2, -0.15) is 5.10 Å². The van der Waals surface area contributed by atoms with E-state index >= 15 is 0 Å². The van der Waals surface area contributed by atoms with Crippen LogP contribution >= 0.6 is 0 Å². The standard InChI is InChI=1S/C21H29N3O2/c1-15-5-7-16(8-6-15)20-17(12-22-23-20)13-24-10-3-4-19(24)18-14-26-11-9-21(18,2)25/h5-8,12,18-19,25H,3-4,9-11,13-14H2,1-2H3,(H,22,23)/t18-,19-,21+/m1/s1. The second-order valence-corrected chi connectivity index (χ2v) is 8.10. The van der Waals surface area contributed by atoms with E-state index in [-0.39, 0.29) is 5.92 Å². The summed E-state index contributed by atoms with van der Waals surface area (Å²) in [4.78, 5) is 2.51. The summed E-state index contributed by atoms with van der Waals surface area (Å²) >= 11 is 0. The molecule has 3 heterocycles. The molecule has 1 aromatic carbocycles. The van der Waals surface area contributed by atoms with Gasteiger partial charge in [-0.1, -0.05) is 29.8 Å². The maximum absolute atomic E-state index is 10.9. The van der Waals surface area contributed by atoms with Crippen molar-refractivity contribution in [3.63, 3.8) is 0 Å². The Morgan fingerprint density at radius 1 is 1.35 bits per heavy atom. The first kappa shape index (κ1) is 17.7. The fourth-order valence-electron chi connectivity index (χ4n) is 4.50. The van der Waals surface area contributed by atoms with Gasteiger partial charge < -0.3 is 9.84 Å². The highest BCUT2D eigenvalue weighted by atomic mass is 16.5. The van der Waals surface area contributed by atoms with Crippen LogP contribution < -0.4 is 0 Å². The molecule has 2 N–H and O–H groups in total. The Kier molecular flexibility index (Phi) is 4.86. The number of rotatable bonds is 4. The van der Waals surface area contributed by atoms with E-state index in [0.29, 0.717) is 19.3 Å². The summed E-state index contributed by atoms with van der Waals surface area (Å²) in [6.07, 6.45) is 4.97. The predicted octanol–water partition coefficient (Wildman–Crippen LogP) is 3.14. The van der Waals surface area contributed by atoms with Crippen LogP contribution in [0.15, 0.2) is 30.5 Å². The van der Waals surface area contributed by atoms with Crippen LogP contribution in [0.4, 0.5) is 0 Å². The Bertz CT molecular complexity index is 738. The molecule has 4 rings (SSSR count). The van der Waals surface area contributed by atoms with Crippen LogP contribution in [0, 0.1) is 12.8 Å². The van der Waals surface area contributed by atoms with Crippen molar-refractivity contribution in [2.75, 3.05) is 19.8 Å². The fourth-order valence-corrected chi connectivity index (χ4v) is 4.50. The van der Waals surface area contributed by atoms with Gasteiger partial charge in [0.05, 0.1) is 24.1 Å². The molecule has 140 valence electrons. The number of nitrogens with one attached hydrogen (secondary N) is 1. The molecule has 26 heavy (non-hydrogen) atoms. The van der Waals surface area contributed by atoms with Crippen molar-refractivity contribution in [1.29, 1.82) is 0 Å². The zero-order valence-electron chi connectivity index (χ0n) is 15.7. The lowest BCUT2D eigenvalue weighted by atomic mass is 9.79. The first-order valence-electron chi connectivity index (χ1n) is 9.68. The zero-order chi connectivity index (χ0) is 18.1. The second kappa shape index (κ2) is 7.14. The minimum absolute atomic E-state index is 0.175. The maximum Gasteiger partial charge on any atom is 0.0706 e. The summed E-state index contributed by atoms with van der Waals surface area (Å²) in [5, 5.41) is 18.4. The molecule has 0 unspecified atom stereocenters. The first-order chi connectivity index (χ1) is 12.5. The van der Waals surface area contributed by atoms with Crippen LogP contribution in [0.5, 0.6) is 0 Å². The van der Waals surface area contributed by atoms with Gasteiger partial charge in [0.15, 0.2) is 0 Å². The molecule has 2 aliphatic heterocycles. The van der Waals surface area contributed by atoms with Crippen LogP contribution in [0.1, 0.15) is 37.3 Å². The Balaban J connectivity index is 1.54. The molecule has 2 fully saturated rings. The highest BCUT2D eigenvalue weighted by molar-refractivity contribution is 5.62. The molecule has 0 saturated carbocycles. The van der Waals surface area contributed by atoms with Crippen molar-refractivity contribution in [2.45, 2.75) is 51.3 Å². The van der Waals surface area contributed by atoms with Gasteiger partial charge in [0, 0.05) is 30.7 Å². The van der Waals surface area contributed by atoms with Gasteiger partial charge in [-0.3, -0.25) is 10.00 Å². The van der Waals surface area contributed by atoms with Gasteiger partial charge in [-0.05, 0) is 45.2 Å². The molecule has 0 radical (unpaired) electrons. The average Bonchev–Trinajstić information content (AvgIpc) is 3.25. The molecule has 1 aromatic heterocycles. The Morgan fingerprint density at radius 2 is 2.15 bits per heavy atom. The highest BCUT2D eigenvalue weighted by Gasteiger charge is 2.44. The van der Waals surface area contributed by atoms with E-state index in [4.69, 9.17) is 4.74 Å². The molecule has 0 bridgehead atoms. The van der Waals surface area contributed by atoms with Crippen molar-refractivity contribution in [3.8, 4) is 11.3 Å². The van der Waals surface area contributed by atoms with Gasteiger partial charge in [0.25, 0.3) is 0 Å². The number of aliphatic hydroxyl groups is 1. The number of aromatic nitrogens is 2. The van der Waals surface area contributed by atoms with Crippen LogP contribution in [0.25, 0.3) is 11.3 Å². The number of benzene rings is 1. The maximum atomic E-state index is 10.9. The van der Waals surface area contributed by atoms with Crippen molar-refractivity contribution in [2.24, 2.45) is 5.92 Å². The molecular formula is C21H29N3O2. The van der Waals surface area contributed by atoms with Gasteiger partial charge >= 0.3 is 0 Å². The van der Waals surface area contributed by atoms with E-state index in [1.54, 1.807) is 0 Å². The summed E-state index contributed by atoms with van der Waals surface area (Å²) < 4.78 is 5.71. The molecule has 2 aromatic rings. The van der Waals surface area contributed by atoms with Gasteiger partial charge in [-0.25, -0.2) is 0 Å². The van der Waals surface area contributed by atoms with E-state index in [1.807, 2.05) is 13.1 Å². The lowest BCUT2D eigenvalue weighted by molar-refractivity contribution is -0.123. The van der Waals surface area contributed by atoms with Crippen LogP contribution in [-0.2, 0) is 11.3 Å². The van der Waals surface area contributed by atoms with Gasteiger partial charge in [-0.15, -0.1) is 0 Å². The Hall–Kier alpha value is -1.69. The lowest BCUT2D eigenvalue weighted by Gasteiger charge is -2.43. The van der Waals surface area contributed by atoms with Crippen molar-refractivity contribution >= 4 is 0 Å². The molecule has 5 heteroatoms. The average molecular weight is 355 g/mol. The number of hydrogen-bond acceptors (Lipinski definition) is 4. The van der Waals surface area contributed by atoms with Crippen LogP contribution in [0.3, 0.4) is 0 Å². The summed E-state index contributed by atoms with van der Waals surface area (Å²) in [5.74, 6) is 0.175. The fraction of sp³-hybridized carbons (Fsp3) is 0.571. The van der Waals surface area contributed by atoms with E-state index in [2.05, 4.69) is 46.3 Å². The van der Waals surface area contributed by atoms with Crippen LogP contribution in [0.2, 0.25) is 0 Å². The molecule has 0 aliphatic carbocycles. The normalized spacial score (nSPS) is 30.0. The summed E-state index contributed by atoms with van der Waals surface area (Å²) in [7, 11) is 0. The van der Waals surface area contributed by atoms with Gasteiger partial charge in [0.2, 0.25) is 0 Å². The minimum atomic E-state index is -0.637. The number of likely N-dealkylation sites (tertiary alicyclic amines) is 1. The van der Waals surface area contributed by atoms with E-state index in [0.717, 1.165) is 31.6 Å². The number of H-pyrrole nitrogens is 1. The first-order valence-corrected chi connectivity index (χ1v) is 9.68. The highest BCUT2D eigenvalue weighted by Crippen LogP contribution is 2.37. The third-order valence-corrected chi connectivity index (χ3v) is 6.16. The third kappa shape index (κ3) is 3.43. The minimum Gasteiger partial charge on any atom is -0.390 e. The second-order valence-electron chi connectivity index (χ2n) is 8.10. The Labute approximate surface area is 155 Å². The summed E-state index contributed by atoms with van der Waals surface area (Å²) in [6.45, 7) is 7.32. The lowest BCUT2D eigenvalue weighted by Crippen LogP contribution is -2.52. The monoisotopic (exact) mass is 355 g/mol. The molecular weight excluding hydrogens is 326 g/mol. The predicted molar refractivity (Wildman–Crippen MR) is 102 cm³/mol. The van der Waals surface area contributed by atoms with Crippen molar-refractivity contribution in [3.05, 3.63) is 41.6 Å². The quantitative estimate of drug-likeness (QED) is 0.884. The zero-order valence-corrected chi connectivity index (χ0v) is 15.7. The summed E-state index contributed by atoms with van der Waals surface area (Å²) in [5.41, 5.74) is 4.11. The number of aromatic amines is 1. The molecule has 0 spiro atoms. The van der Waals surface area contributed by atoms with E-state index < -0.39 is 5.60 Å². The van der Waals surface area contributed by atoms with E-state index in [1.165, 1.54) is 23.1 Å². The SMILES string of the molecule is Cc1ccc(-c2[nH]ncc2CN2CCC[C@@H]2[C@H]2COCC[C@]2(C)O)cc1. The number of hydrogen-bond donors (Lipinski definition) is 2. The molecule has 2 aliphatic rings. The number of aryl methyl sites for hydroxylation is 1. The van der Waals surface area contributed by atoms with Crippen molar-refractivity contribution < 1.29 is 9.84 Å². The molecule has 0 amide bonds. The number of ether oxygens (including phenoxy) is 1.